The highest BCUT2D eigenvalue weighted by molar-refractivity contribution is 7.89. The molecule has 1 unspecified atom stereocenters. The summed E-state index contributed by atoms with van der Waals surface area (Å²) in [7, 11) is -4.07. The van der Waals surface area contributed by atoms with Crippen molar-refractivity contribution in [2.24, 2.45) is 16.6 Å². The van der Waals surface area contributed by atoms with Gasteiger partial charge in [0.2, 0.25) is 16.0 Å². The Morgan fingerprint density at radius 1 is 1.19 bits per heavy atom. The van der Waals surface area contributed by atoms with Gasteiger partial charge in [-0.1, -0.05) is 29.8 Å². The van der Waals surface area contributed by atoms with Crippen molar-refractivity contribution in [2.75, 3.05) is 13.2 Å². The summed E-state index contributed by atoms with van der Waals surface area (Å²) in [5.74, 6) is -0.892. The fourth-order valence-corrected chi connectivity index (χ4v) is 4.03. The van der Waals surface area contributed by atoms with Crippen LogP contribution >= 0.6 is 11.6 Å². The van der Waals surface area contributed by atoms with Crippen molar-refractivity contribution >= 4 is 33.6 Å². The molecule has 2 aromatic carbocycles. The van der Waals surface area contributed by atoms with Gasteiger partial charge in [-0.25, -0.2) is 8.42 Å². The smallest absolute Gasteiger partial charge is 0.322 e. The summed E-state index contributed by atoms with van der Waals surface area (Å²) in [4.78, 5) is 16.4. The molecule has 12 heteroatoms. The minimum Gasteiger partial charge on any atom is -0.493 e. The van der Waals surface area contributed by atoms with Gasteiger partial charge in [0.1, 0.15) is 18.4 Å². The molecular formula is C20H25ClN4O6S. The molecule has 174 valence electrons. The highest BCUT2D eigenvalue weighted by atomic mass is 35.5. The van der Waals surface area contributed by atoms with E-state index < -0.39 is 22.0 Å². The van der Waals surface area contributed by atoms with Gasteiger partial charge >= 0.3 is 5.97 Å². The molecule has 1 atom stereocenters. The van der Waals surface area contributed by atoms with Crippen LogP contribution in [-0.2, 0) is 26.1 Å². The Labute approximate surface area is 191 Å². The number of aryl methyl sites for hydroxylation is 1. The highest BCUT2D eigenvalue weighted by Crippen LogP contribution is 2.21. The van der Waals surface area contributed by atoms with E-state index in [1.54, 1.807) is 37.3 Å². The Morgan fingerprint density at radius 2 is 1.88 bits per heavy atom. The number of halogens is 1. The van der Waals surface area contributed by atoms with Crippen LogP contribution in [0, 0.1) is 6.92 Å². The number of ether oxygens (including phenoxy) is 1. The Hall–Kier alpha value is -3.02. The number of rotatable bonds is 12. The number of aliphatic carboxylic acids is 1. The van der Waals surface area contributed by atoms with Crippen LogP contribution in [0.4, 0.5) is 0 Å². The topological polar surface area (TPSA) is 166 Å². The normalized spacial score (nSPS) is 12.1. The van der Waals surface area contributed by atoms with Gasteiger partial charge in [0.15, 0.2) is 0 Å². The van der Waals surface area contributed by atoms with Crippen LogP contribution in [0.3, 0.4) is 0 Å². The van der Waals surface area contributed by atoms with Gasteiger partial charge < -0.3 is 26.1 Å². The van der Waals surface area contributed by atoms with Crippen LogP contribution in [-0.4, -0.2) is 44.7 Å². The van der Waals surface area contributed by atoms with Crippen LogP contribution in [0.25, 0.3) is 0 Å². The number of hydrogen-bond donors (Lipinski definition) is 4. The highest BCUT2D eigenvalue weighted by Gasteiger charge is 2.26. The van der Waals surface area contributed by atoms with Crippen LogP contribution in [0.5, 0.6) is 5.75 Å². The van der Waals surface area contributed by atoms with Gasteiger partial charge in [-0.2, -0.15) is 4.72 Å². The van der Waals surface area contributed by atoms with E-state index >= 15 is 0 Å². The van der Waals surface area contributed by atoms with Crippen LogP contribution in [0.2, 0.25) is 5.02 Å². The zero-order valence-electron chi connectivity index (χ0n) is 17.3. The molecule has 0 fully saturated rings. The zero-order valence-corrected chi connectivity index (χ0v) is 18.9. The van der Waals surface area contributed by atoms with Crippen molar-refractivity contribution in [2.45, 2.75) is 30.7 Å². The maximum atomic E-state index is 12.6. The number of benzene rings is 2. The van der Waals surface area contributed by atoms with E-state index in [4.69, 9.17) is 32.6 Å². The van der Waals surface area contributed by atoms with E-state index in [1.165, 1.54) is 12.1 Å². The van der Waals surface area contributed by atoms with Crippen molar-refractivity contribution in [3.63, 3.8) is 0 Å². The minimum atomic E-state index is -4.07. The number of nitrogens with one attached hydrogen (secondary N) is 1. The molecule has 6 N–H and O–H groups in total. The fraction of sp³-hybridized carbons (Fsp3) is 0.300. The summed E-state index contributed by atoms with van der Waals surface area (Å²) in [5.41, 5.74) is 11.6. The number of nitrogens with two attached hydrogens (primary N) is 2. The first-order valence-corrected chi connectivity index (χ1v) is 11.4. The number of nitrogens with zero attached hydrogens (tertiary/aromatic N) is 1. The predicted octanol–water partition coefficient (Wildman–Crippen LogP) is 1.60. The summed E-state index contributed by atoms with van der Waals surface area (Å²) in [5, 5.41) is 13.2. The van der Waals surface area contributed by atoms with Crippen molar-refractivity contribution < 1.29 is 27.9 Å². The third-order valence-electron chi connectivity index (χ3n) is 4.23. The van der Waals surface area contributed by atoms with E-state index in [-0.39, 0.29) is 28.9 Å². The molecule has 0 aliphatic heterocycles. The molecule has 0 radical (unpaired) electrons. The van der Waals surface area contributed by atoms with E-state index in [9.17, 15) is 18.3 Å². The SMILES string of the molecule is Cc1ccc(S(=O)(=O)NC(Cc2ccc(OCCCON=C(N)N)cc2)C(=O)O)cc1Cl. The fourth-order valence-electron chi connectivity index (χ4n) is 2.57. The maximum Gasteiger partial charge on any atom is 0.322 e. The quantitative estimate of drug-likeness (QED) is 0.152. The summed E-state index contributed by atoms with van der Waals surface area (Å²) in [6.45, 7) is 2.37. The third kappa shape index (κ3) is 7.91. The molecule has 0 heterocycles. The first-order valence-electron chi connectivity index (χ1n) is 9.52. The van der Waals surface area contributed by atoms with Crippen molar-refractivity contribution in [1.82, 2.24) is 4.72 Å². The number of carbonyl (C=O) groups is 1. The molecule has 0 bridgehead atoms. The number of carboxylic acid groups (broad SMARTS) is 1. The second-order valence-corrected chi connectivity index (χ2v) is 8.94. The van der Waals surface area contributed by atoms with Gasteiger partial charge in [-0.05, 0) is 53.9 Å². The van der Waals surface area contributed by atoms with Gasteiger partial charge in [0.25, 0.3) is 0 Å². The molecule has 0 aliphatic rings. The van der Waals surface area contributed by atoms with E-state index in [2.05, 4.69) is 9.88 Å². The van der Waals surface area contributed by atoms with Crippen molar-refractivity contribution in [3.05, 3.63) is 58.6 Å². The molecule has 0 amide bonds. The van der Waals surface area contributed by atoms with Gasteiger partial charge in [-0.15, -0.1) is 0 Å². The van der Waals surface area contributed by atoms with Crippen molar-refractivity contribution in [3.8, 4) is 5.75 Å². The Bertz CT molecular complexity index is 1060. The maximum absolute atomic E-state index is 12.6. The molecular weight excluding hydrogens is 460 g/mol. The summed E-state index contributed by atoms with van der Waals surface area (Å²) in [6.07, 6.45) is 0.491. The minimum absolute atomic E-state index is 0.0548. The number of sulfonamides is 1. The molecule has 0 spiro atoms. The number of oxime groups is 1. The first kappa shape index (κ1) is 25.2. The van der Waals surface area contributed by atoms with Crippen LogP contribution < -0.4 is 20.9 Å². The summed E-state index contributed by atoms with van der Waals surface area (Å²) >= 11 is 5.99. The Morgan fingerprint density at radius 3 is 2.47 bits per heavy atom. The number of carboxylic acids is 1. The molecule has 32 heavy (non-hydrogen) atoms. The standard InChI is InChI=1S/C20H25ClN4O6S/c1-13-3-8-16(12-17(13)21)32(28,29)25-18(19(26)27)11-14-4-6-15(7-5-14)30-9-2-10-31-24-20(22)23/h3-8,12,18,25H,2,9-11H2,1H3,(H,26,27)(H4,22,23,24). The largest absolute Gasteiger partial charge is 0.493 e. The second kappa shape index (κ2) is 11.6. The second-order valence-electron chi connectivity index (χ2n) is 6.82. The van der Waals surface area contributed by atoms with Crippen molar-refractivity contribution in [1.29, 1.82) is 0 Å². The number of guanidine groups is 1. The lowest BCUT2D eigenvalue weighted by Gasteiger charge is -2.16. The Kier molecular flexibility index (Phi) is 9.12. The molecule has 0 saturated carbocycles. The molecule has 0 aromatic heterocycles. The molecule has 2 aromatic rings. The third-order valence-corrected chi connectivity index (χ3v) is 6.11. The van der Waals surface area contributed by atoms with Gasteiger partial charge in [-0.3, -0.25) is 4.79 Å². The molecule has 0 aliphatic carbocycles. The zero-order chi connectivity index (χ0) is 23.7. The van der Waals surface area contributed by atoms with E-state index in [1.807, 2.05) is 0 Å². The van der Waals surface area contributed by atoms with E-state index in [0.29, 0.717) is 29.9 Å². The average Bonchev–Trinajstić information content (AvgIpc) is 2.72. The molecule has 10 nitrogen and oxygen atoms in total. The lowest BCUT2D eigenvalue weighted by Crippen LogP contribution is -2.42. The van der Waals surface area contributed by atoms with Gasteiger partial charge in [0.05, 0.1) is 11.5 Å². The summed E-state index contributed by atoms with van der Waals surface area (Å²) < 4.78 is 33.0. The van der Waals surface area contributed by atoms with Crippen LogP contribution in [0.1, 0.15) is 17.5 Å². The summed E-state index contributed by atoms with van der Waals surface area (Å²) in [6, 6.07) is 9.51. The van der Waals surface area contributed by atoms with E-state index in [0.717, 1.165) is 0 Å². The number of hydrogen-bond acceptors (Lipinski definition) is 6. The molecule has 0 saturated heterocycles. The Balaban J connectivity index is 1.95. The monoisotopic (exact) mass is 484 g/mol. The van der Waals surface area contributed by atoms with Crippen LogP contribution in [0.15, 0.2) is 52.5 Å². The predicted molar refractivity (Wildman–Crippen MR) is 120 cm³/mol. The lowest BCUT2D eigenvalue weighted by atomic mass is 10.1. The van der Waals surface area contributed by atoms with Gasteiger partial charge in [0, 0.05) is 11.4 Å². The molecule has 2 rings (SSSR count). The average molecular weight is 485 g/mol. The first-order chi connectivity index (χ1) is 15.1. The lowest BCUT2D eigenvalue weighted by molar-refractivity contribution is -0.138.